The summed E-state index contributed by atoms with van der Waals surface area (Å²) in [5.41, 5.74) is 3.48. The molecule has 0 fully saturated rings. The fraction of sp³-hybridized carbons (Fsp3) is 0.316. The first-order valence-corrected chi connectivity index (χ1v) is 8.57. The van der Waals surface area contributed by atoms with Crippen LogP contribution in [0.4, 0.5) is 10.1 Å². The lowest BCUT2D eigenvalue weighted by Crippen LogP contribution is -2.40. The van der Waals surface area contributed by atoms with Crippen molar-refractivity contribution in [2.24, 2.45) is 0 Å². The van der Waals surface area contributed by atoms with E-state index in [0.29, 0.717) is 11.7 Å². The van der Waals surface area contributed by atoms with Crippen molar-refractivity contribution in [2.45, 2.75) is 20.4 Å². The van der Waals surface area contributed by atoms with Crippen LogP contribution in [0.5, 0.6) is 0 Å². The van der Waals surface area contributed by atoms with Crippen LogP contribution in [-0.4, -0.2) is 24.7 Å². The molecule has 0 unspecified atom stereocenters. The zero-order chi connectivity index (χ0) is 17.4. The molecular formula is C19H24FN3S. The van der Waals surface area contributed by atoms with Gasteiger partial charge in [-0.1, -0.05) is 24.3 Å². The van der Waals surface area contributed by atoms with Gasteiger partial charge in [-0.3, -0.25) is 0 Å². The van der Waals surface area contributed by atoms with Gasteiger partial charge < -0.3 is 15.5 Å². The lowest BCUT2D eigenvalue weighted by atomic mass is 10.2. The van der Waals surface area contributed by atoms with Crippen molar-refractivity contribution in [1.82, 2.24) is 10.6 Å². The molecule has 0 aliphatic carbocycles. The van der Waals surface area contributed by atoms with Gasteiger partial charge in [-0.25, -0.2) is 4.39 Å². The summed E-state index contributed by atoms with van der Waals surface area (Å²) in [6.07, 6.45) is 0. The van der Waals surface area contributed by atoms with Gasteiger partial charge in [-0.15, -0.1) is 0 Å². The minimum absolute atomic E-state index is 0.227. The standard InChI is InChI=1S/C19H24FN3S/c1-3-23(18-6-4-5-15(2)13-18)12-11-21-19(24)22-14-16-7-9-17(20)10-8-16/h4-10,13H,3,11-12,14H2,1-2H3,(H2,21,22,24). The van der Waals surface area contributed by atoms with Crippen molar-refractivity contribution < 1.29 is 4.39 Å². The number of halogens is 1. The Morgan fingerprint density at radius 3 is 2.54 bits per heavy atom. The molecule has 2 N–H and O–H groups in total. The van der Waals surface area contributed by atoms with Crippen molar-refractivity contribution in [3.63, 3.8) is 0 Å². The molecule has 0 aromatic heterocycles. The zero-order valence-corrected chi connectivity index (χ0v) is 15.0. The van der Waals surface area contributed by atoms with Crippen LogP contribution in [-0.2, 0) is 6.54 Å². The lowest BCUT2D eigenvalue weighted by Gasteiger charge is -2.24. The molecule has 0 saturated carbocycles. The monoisotopic (exact) mass is 345 g/mol. The number of nitrogens with one attached hydrogen (secondary N) is 2. The molecule has 0 spiro atoms. The van der Waals surface area contributed by atoms with E-state index in [4.69, 9.17) is 12.2 Å². The van der Waals surface area contributed by atoms with Crippen LogP contribution in [0.3, 0.4) is 0 Å². The number of nitrogens with zero attached hydrogens (tertiary/aromatic N) is 1. The molecule has 0 aliphatic rings. The van der Waals surface area contributed by atoms with Gasteiger partial charge in [0.1, 0.15) is 5.82 Å². The molecule has 24 heavy (non-hydrogen) atoms. The second kappa shape index (κ2) is 9.23. The van der Waals surface area contributed by atoms with Gasteiger partial charge in [0.05, 0.1) is 0 Å². The number of hydrogen-bond acceptors (Lipinski definition) is 2. The fourth-order valence-electron chi connectivity index (χ4n) is 2.45. The molecule has 0 atom stereocenters. The number of rotatable bonds is 7. The van der Waals surface area contributed by atoms with Crippen molar-refractivity contribution in [1.29, 1.82) is 0 Å². The summed E-state index contributed by atoms with van der Waals surface area (Å²) >= 11 is 5.29. The second-order valence-electron chi connectivity index (χ2n) is 5.65. The number of thiocarbonyl (C=S) groups is 1. The number of likely N-dealkylation sites (N-methyl/N-ethyl adjacent to an activating group) is 1. The fourth-order valence-corrected chi connectivity index (χ4v) is 2.62. The highest BCUT2D eigenvalue weighted by Crippen LogP contribution is 2.14. The molecule has 0 saturated heterocycles. The van der Waals surface area contributed by atoms with Crippen LogP contribution in [0.2, 0.25) is 0 Å². The average Bonchev–Trinajstić information content (AvgIpc) is 2.58. The third-order valence-electron chi connectivity index (χ3n) is 3.78. The number of anilines is 1. The first-order valence-electron chi connectivity index (χ1n) is 8.16. The minimum Gasteiger partial charge on any atom is -0.370 e. The van der Waals surface area contributed by atoms with E-state index >= 15 is 0 Å². The van der Waals surface area contributed by atoms with Crippen LogP contribution in [0, 0.1) is 12.7 Å². The van der Waals surface area contributed by atoms with Gasteiger partial charge in [0.25, 0.3) is 0 Å². The first-order chi connectivity index (χ1) is 11.6. The lowest BCUT2D eigenvalue weighted by molar-refractivity contribution is 0.626. The summed E-state index contributed by atoms with van der Waals surface area (Å²) < 4.78 is 12.9. The highest BCUT2D eigenvalue weighted by atomic mass is 32.1. The molecule has 0 heterocycles. The number of hydrogen-bond donors (Lipinski definition) is 2. The molecule has 2 aromatic rings. The maximum Gasteiger partial charge on any atom is 0.166 e. The molecule has 0 amide bonds. The molecule has 3 nitrogen and oxygen atoms in total. The van der Waals surface area contributed by atoms with Gasteiger partial charge in [0.2, 0.25) is 0 Å². The van der Waals surface area contributed by atoms with Gasteiger partial charge in [0, 0.05) is 31.9 Å². The normalized spacial score (nSPS) is 10.3. The van der Waals surface area contributed by atoms with Crippen molar-refractivity contribution in [3.8, 4) is 0 Å². The second-order valence-corrected chi connectivity index (χ2v) is 6.06. The van der Waals surface area contributed by atoms with Crippen LogP contribution in [0.1, 0.15) is 18.1 Å². The van der Waals surface area contributed by atoms with Crippen molar-refractivity contribution in [3.05, 3.63) is 65.5 Å². The van der Waals surface area contributed by atoms with E-state index in [1.165, 1.54) is 23.4 Å². The maximum absolute atomic E-state index is 12.9. The Balaban J connectivity index is 1.74. The highest BCUT2D eigenvalue weighted by molar-refractivity contribution is 7.80. The van der Waals surface area contributed by atoms with E-state index in [-0.39, 0.29) is 5.82 Å². The summed E-state index contributed by atoms with van der Waals surface area (Å²) in [5.74, 6) is -0.227. The molecule has 2 rings (SSSR count). The van der Waals surface area contributed by atoms with E-state index in [1.807, 2.05) is 0 Å². The van der Waals surface area contributed by atoms with E-state index in [2.05, 4.69) is 53.6 Å². The van der Waals surface area contributed by atoms with Crippen molar-refractivity contribution in [2.75, 3.05) is 24.5 Å². The summed E-state index contributed by atoms with van der Waals surface area (Å²) in [6.45, 7) is 7.41. The Hall–Kier alpha value is -2.14. The Bertz CT molecular complexity index is 658. The van der Waals surface area contributed by atoms with Gasteiger partial charge in [0.15, 0.2) is 5.11 Å². The average molecular weight is 345 g/mol. The smallest absolute Gasteiger partial charge is 0.166 e. The Morgan fingerprint density at radius 1 is 1.12 bits per heavy atom. The Kier molecular flexibility index (Phi) is 7.00. The van der Waals surface area contributed by atoms with Crippen LogP contribution in [0.15, 0.2) is 48.5 Å². The zero-order valence-electron chi connectivity index (χ0n) is 14.2. The quantitative estimate of drug-likeness (QED) is 0.750. The summed E-state index contributed by atoms with van der Waals surface area (Å²) in [6, 6.07) is 14.9. The molecule has 0 radical (unpaired) electrons. The Labute approximate surface area is 148 Å². The van der Waals surface area contributed by atoms with Gasteiger partial charge in [-0.2, -0.15) is 0 Å². The highest BCUT2D eigenvalue weighted by Gasteiger charge is 2.04. The van der Waals surface area contributed by atoms with Crippen molar-refractivity contribution >= 4 is 23.0 Å². The molecule has 128 valence electrons. The van der Waals surface area contributed by atoms with Gasteiger partial charge in [-0.05, 0) is 61.5 Å². The van der Waals surface area contributed by atoms with E-state index < -0.39 is 0 Å². The number of benzene rings is 2. The van der Waals surface area contributed by atoms with Crippen LogP contribution >= 0.6 is 12.2 Å². The largest absolute Gasteiger partial charge is 0.370 e. The molecule has 2 aromatic carbocycles. The topological polar surface area (TPSA) is 27.3 Å². The summed E-state index contributed by atoms with van der Waals surface area (Å²) in [5, 5.41) is 6.97. The molecule has 0 aliphatic heterocycles. The maximum atomic E-state index is 12.9. The summed E-state index contributed by atoms with van der Waals surface area (Å²) in [7, 11) is 0. The molecule has 0 bridgehead atoms. The third kappa shape index (κ3) is 5.81. The van der Waals surface area contributed by atoms with Gasteiger partial charge >= 0.3 is 0 Å². The minimum atomic E-state index is -0.227. The third-order valence-corrected chi connectivity index (χ3v) is 4.07. The predicted octanol–water partition coefficient (Wildman–Crippen LogP) is 3.62. The first kappa shape index (κ1) is 18.2. The molecule has 5 heteroatoms. The van der Waals surface area contributed by atoms with Crippen LogP contribution in [0.25, 0.3) is 0 Å². The van der Waals surface area contributed by atoms with E-state index in [0.717, 1.165) is 25.2 Å². The van der Waals surface area contributed by atoms with E-state index in [9.17, 15) is 4.39 Å². The van der Waals surface area contributed by atoms with E-state index in [1.54, 1.807) is 12.1 Å². The SMILES string of the molecule is CCN(CCNC(=S)NCc1ccc(F)cc1)c1cccc(C)c1. The van der Waals surface area contributed by atoms with Crippen LogP contribution < -0.4 is 15.5 Å². The molecular weight excluding hydrogens is 321 g/mol. The summed E-state index contributed by atoms with van der Waals surface area (Å²) in [4.78, 5) is 2.31. The Morgan fingerprint density at radius 2 is 1.88 bits per heavy atom. The number of aryl methyl sites for hydroxylation is 1. The predicted molar refractivity (Wildman–Crippen MR) is 103 cm³/mol.